The molecule has 6 nitrogen and oxygen atoms in total. The maximum atomic E-state index is 12.6. The largest absolute Gasteiger partial charge is 0.447 e. The Morgan fingerprint density at radius 1 is 1.14 bits per heavy atom. The predicted octanol–water partition coefficient (Wildman–Crippen LogP) is 3.31. The fraction of sp³-hybridized carbons (Fsp3) is 0.238. The second kappa shape index (κ2) is 8.31. The van der Waals surface area contributed by atoms with Crippen LogP contribution in [0, 0.1) is 0 Å². The first-order chi connectivity index (χ1) is 13.7. The molecule has 1 aliphatic rings. The molecule has 4 rings (SSSR count). The van der Waals surface area contributed by atoms with Gasteiger partial charge < -0.3 is 10.1 Å². The van der Waals surface area contributed by atoms with Crippen LogP contribution in [0.5, 0.6) is 0 Å². The molecular formula is C21H19N3O3S. The molecule has 7 heteroatoms. The van der Waals surface area contributed by atoms with Gasteiger partial charge >= 0.3 is 5.97 Å². The molecule has 2 aromatic heterocycles. The molecular weight excluding hydrogens is 374 g/mol. The first kappa shape index (κ1) is 18.3. The lowest BCUT2D eigenvalue weighted by Gasteiger charge is -2.17. The van der Waals surface area contributed by atoms with Crippen LogP contribution >= 0.6 is 11.3 Å². The Labute approximate surface area is 166 Å². The van der Waals surface area contributed by atoms with Crippen molar-refractivity contribution in [2.75, 3.05) is 0 Å². The molecule has 0 saturated heterocycles. The highest BCUT2D eigenvalue weighted by Crippen LogP contribution is 2.25. The smallest absolute Gasteiger partial charge is 0.313 e. The third-order valence-corrected chi connectivity index (χ3v) is 5.19. The number of nitrogens with zero attached hydrogens (tertiary/aromatic N) is 2. The van der Waals surface area contributed by atoms with Gasteiger partial charge in [-0.1, -0.05) is 36.4 Å². The van der Waals surface area contributed by atoms with E-state index >= 15 is 0 Å². The number of esters is 1. The van der Waals surface area contributed by atoms with Crippen molar-refractivity contribution in [2.45, 2.75) is 31.4 Å². The standard InChI is InChI=1S/C21H19N3O3S/c25-18(12-16-13-28-21(24-16)17-8-4-5-11-22-17)27-19(14-6-2-1-3-7-14)20(26)23-15-9-10-15/h1-8,11,13,15,19H,9-10,12H2,(H,23,26)/t19-/m1/s1. The molecule has 0 aliphatic heterocycles. The third kappa shape index (κ3) is 4.61. The summed E-state index contributed by atoms with van der Waals surface area (Å²) in [5, 5.41) is 5.47. The molecule has 1 amide bonds. The number of hydrogen-bond acceptors (Lipinski definition) is 6. The molecule has 1 atom stereocenters. The molecule has 2 heterocycles. The highest BCUT2D eigenvalue weighted by molar-refractivity contribution is 7.13. The fourth-order valence-electron chi connectivity index (χ4n) is 2.72. The molecule has 3 aromatic rings. The Morgan fingerprint density at radius 3 is 2.64 bits per heavy atom. The van der Waals surface area contributed by atoms with Gasteiger partial charge in [-0.25, -0.2) is 4.98 Å². The van der Waals surface area contributed by atoms with Crippen LogP contribution in [0.3, 0.4) is 0 Å². The molecule has 28 heavy (non-hydrogen) atoms. The summed E-state index contributed by atoms with van der Waals surface area (Å²) in [6, 6.07) is 14.9. The zero-order chi connectivity index (χ0) is 19.3. The number of aromatic nitrogens is 2. The maximum Gasteiger partial charge on any atom is 0.313 e. The minimum atomic E-state index is -0.955. The number of pyridine rings is 1. The summed E-state index contributed by atoms with van der Waals surface area (Å²) >= 11 is 1.42. The van der Waals surface area contributed by atoms with E-state index in [1.807, 2.05) is 41.8 Å². The lowest BCUT2D eigenvalue weighted by Crippen LogP contribution is -2.33. The Kier molecular flexibility index (Phi) is 5.43. The summed E-state index contributed by atoms with van der Waals surface area (Å²) in [7, 11) is 0. The first-order valence-corrected chi connectivity index (χ1v) is 9.97. The molecule has 1 aliphatic carbocycles. The van der Waals surface area contributed by atoms with Gasteiger partial charge in [0.2, 0.25) is 6.10 Å². The van der Waals surface area contributed by atoms with E-state index in [0.717, 1.165) is 23.5 Å². The van der Waals surface area contributed by atoms with Crippen LogP contribution in [0.1, 0.15) is 30.2 Å². The summed E-state index contributed by atoms with van der Waals surface area (Å²) in [5.41, 5.74) is 2.02. The number of hydrogen-bond donors (Lipinski definition) is 1. The van der Waals surface area contributed by atoms with Crippen LogP contribution in [0.25, 0.3) is 10.7 Å². The molecule has 1 aromatic carbocycles. The molecule has 1 fully saturated rings. The van der Waals surface area contributed by atoms with Gasteiger partial charge in [-0.3, -0.25) is 14.6 Å². The number of nitrogens with one attached hydrogen (secondary N) is 1. The van der Waals surface area contributed by atoms with Crippen LogP contribution < -0.4 is 5.32 Å². The summed E-state index contributed by atoms with van der Waals surface area (Å²) in [5.74, 6) is -0.771. The Bertz CT molecular complexity index is 955. The molecule has 0 spiro atoms. The Hall–Kier alpha value is -3.06. The fourth-order valence-corrected chi connectivity index (χ4v) is 3.52. The van der Waals surface area contributed by atoms with E-state index in [1.165, 1.54) is 11.3 Å². The van der Waals surface area contributed by atoms with Crippen molar-refractivity contribution in [2.24, 2.45) is 0 Å². The third-order valence-electron chi connectivity index (χ3n) is 4.27. The van der Waals surface area contributed by atoms with Crippen molar-refractivity contribution in [1.29, 1.82) is 0 Å². The van der Waals surface area contributed by atoms with Gasteiger partial charge in [0.1, 0.15) is 5.01 Å². The summed E-state index contributed by atoms with van der Waals surface area (Å²) in [4.78, 5) is 33.8. The lowest BCUT2D eigenvalue weighted by molar-refractivity contribution is -0.156. The number of carbonyl (C=O) groups is 2. The van der Waals surface area contributed by atoms with Crippen LogP contribution in [0.2, 0.25) is 0 Å². The first-order valence-electron chi connectivity index (χ1n) is 9.09. The van der Waals surface area contributed by atoms with Crippen LogP contribution in [-0.2, 0) is 20.7 Å². The topological polar surface area (TPSA) is 81.2 Å². The van der Waals surface area contributed by atoms with Gasteiger partial charge in [0.15, 0.2) is 0 Å². The number of benzene rings is 1. The second-order valence-electron chi connectivity index (χ2n) is 6.60. The Morgan fingerprint density at radius 2 is 1.93 bits per heavy atom. The molecule has 1 saturated carbocycles. The van der Waals surface area contributed by atoms with Gasteiger partial charge in [0.25, 0.3) is 5.91 Å². The Balaban J connectivity index is 1.44. The van der Waals surface area contributed by atoms with Crippen molar-refractivity contribution in [3.8, 4) is 10.7 Å². The minimum Gasteiger partial charge on any atom is -0.447 e. The molecule has 142 valence electrons. The maximum absolute atomic E-state index is 12.6. The van der Waals surface area contributed by atoms with E-state index in [2.05, 4.69) is 15.3 Å². The highest BCUT2D eigenvalue weighted by Gasteiger charge is 2.30. The van der Waals surface area contributed by atoms with Crippen LogP contribution in [-0.4, -0.2) is 27.9 Å². The number of carbonyl (C=O) groups excluding carboxylic acids is 2. The number of ether oxygens (including phenoxy) is 1. The zero-order valence-electron chi connectivity index (χ0n) is 15.1. The van der Waals surface area contributed by atoms with Crippen molar-refractivity contribution >= 4 is 23.2 Å². The van der Waals surface area contributed by atoms with Crippen LogP contribution in [0.15, 0.2) is 60.1 Å². The molecule has 0 radical (unpaired) electrons. The molecule has 1 N–H and O–H groups in total. The quantitative estimate of drug-likeness (QED) is 0.623. The minimum absolute atomic E-state index is 0.00335. The SMILES string of the molecule is O=C(Cc1csc(-c2ccccn2)n1)O[C@@H](C(=O)NC1CC1)c1ccccc1. The van der Waals surface area contributed by atoms with Gasteiger partial charge in [0.05, 0.1) is 17.8 Å². The predicted molar refractivity (Wildman–Crippen MR) is 105 cm³/mol. The molecule has 0 unspecified atom stereocenters. The van der Waals surface area contributed by atoms with E-state index < -0.39 is 12.1 Å². The lowest BCUT2D eigenvalue weighted by atomic mass is 10.1. The summed E-state index contributed by atoms with van der Waals surface area (Å²) in [6.07, 6.45) is 2.69. The average molecular weight is 393 g/mol. The zero-order valence-corrected chi connectivity index (χ0v) is 15.9. The van der Waals surface area contributed by atoms with E-state index in [4.69, 9.17) is 4.74 Å². The van der Waals surface area contributed by atoms with Gasteiger partial charge in [-0.05, 0) is 25.0 Å². The highest BCUT2D eigenvalue weighted by atomic mass is 32.1. The van der Waals surface area contributed by atoms with E-state index in [0.29, 0.717) is 11.3 Å². The normalized spacial score (nSPS) is 14.3. The van der Waals surface area contributed by atoms with Gasteiger partial charge in [0, 0.05) is 23.2 Å². The number of thiazole rings is 1. The average Bonchev–Trinajstić information content (AvgIpc) is 3.42. The summed E-state index contributed by atoms with van der Waals surface area (Å²) in [6.45, 7) is 0. The van der Waals surface area contributed by atoms with E-state index in [9.17, 15) is 9.59 Å². The van der Waals surface area contributed by atoms with Crippen molar-refractivity contribution < 1.29 is 14.3 Å². The second-order valence-corrected chi connectivity index (χ2v) is 7.46. The van der Waals surface area contributed by atoms with Crippen molar-refractivity contribution in [3.05, 3.63) is 71.4 Å². The van der Waals surface area contributed by atoms with Crippen molar-refractivity contribution in [3.63, 3.8) is 0 Å². The van der Waals surface area contributed by atoms with Gasteiger partial charge in [-0.2, -0.15) is 0 Å². The van der Waals surface area contributed by atoms with E-state index in [-0.39, 0.29) is 18.4 Å². The number of amides is 1. The van der Waals surface area contributed by atoms with E-state index in [1.54, 1.807) is 18.3 Å². The van der Waals surface area contributed by atoms with Gasteiger partial charge in [-0.15, -0.1) is 11.3 Å². The van der Waals surface area contributed by atoms with Crippen LogP contribution in [0.4, 0.5) is 0 Å². The van der Waals surface area contributed by atoms with Crippen molar-refractivity contribution in [1.82, 2.24) is 15.3 Å². The molecule has 0 bridgehead atoms. The summed E-state index contributed by atoms with van der Waals surface area (Å²) < 4.78 is 5.54. The monoisotopic (exact) mass is 393 g/mol. The number of rotatable bonds is 7.